The van der Waals surface area contributed by atoms with Gasteiger partial charge in [-0.1, -0.05) is 5.92 Å². The first-order chi connectivity index (χ1) is 6.20. The van der Waals surface area contributed by atoms with E-state index in [1.807, 2.05) is 6.92 Å². The molecule has 0 saturated carbocycles. The predicted octanol–water partition coefficient (Wildman–Crippen LogP) is 0.299. The summed E-state index contributed by atoms with van der Waals surface area (Å²) in [5.41, 5.74) is 0. The molecule has 1 fully saturated rings. The Morgan fingerprint density at radius 1 is 1.46 bits per heavy atom. The predicted molar refractivity (Wildman–Crippen MR) is 50.3 cm³/mol. The summed E-state index contributed by atoms with van der Waals surface area (Å²) in [6.45, 7) is 6.86. The van der Waals surface area contributed by atoms with Crippen LogP contribution in [0.3, 0.4) is 0 Å². The third-order valence-corrected chi connectivity index (χ3v) is 2.05. The van der Waals surface area contributed by atoms with Crippen molar-refractivity contribution in [1.29, 1.82) is 0 Å². The summed E-state index contributed by atoms with van der Waals surface area (Å²) < 4.78 is 5.22. The van der Waals surface area contributed by atoms with E-state index >= 15 is 0 Å². The largest absolute Gasteiger partial charge is 0.379 e. The molecule has 0 aromatic carbocycles. The molecular formula is C10H15NO2. The van der Waals surface area contributed by atoms with E-state index < -0.39 is 0 Å². The lowest BCUT2D eigenvalue weighted by Crippen LogP contribution is -2.41. The van der Waals surface area contributed by atoms with Crippen molar-refractivity contribution < 1.29 is 9.53 Å². The molecule has 0 spiro atoms. The van der Waals surface area contributed by atoms with Crippen LogP contribution in [0.1, 0.15) is 13.8 Å². The van der Waals surface area contributed by atoms with E-state index in [4.69, 9.17) is 4.74 Å². The number of ketones is 1. The molecule has 0 amide bonds. The number of Topliss-reactive ketones (excluding diaryl/α,β-unsaturated/α-hetero) is 1. The third-order valence-electron chi connectivity index (χ3n) is 2.05. The van der Waals surface area contributed by atoms with Crippen molar-refractivity contribution in [2.45, 2.75) is 19.9 Å². The van der Waals surface area contributed by atoms with Crippen molar-refractivity contribution in [1.82, 2.24) is 4.90 Å². The van der Waals surface area contributed by atoms with Crippen LogP contribution in [0, 0.1) is 11.8 Å². The number of rotatable bonds is 1. The molecule has 3 nitrogen and oxygen atoms in total. The minimum Gasteiger partial charge on any atom is -0.379 e. The average molecular weight is 181 g/mol. The summed E-state index contributed by atoms with van der Waals surface area (Å²) in [6, 6.07) is 0.160. The molecule has 0 aromatic rings. The number of ether oxygens (including phenoxy) is 1. The maximum atomic E-state index is 10.6. The molecule has 1 aliphatic heterocycles. The van der Waals surface area contributed by atoms with Crippen LogP contribution in [-0.4, -0.2) is 43.0 Å². The zero-order chi connectivity index (χ0) is 9.68. The van der Waals surface area contributed by atoms with E-state index in [1.54, 1.807) is 0 Å². The Labute approximate surface area is 79.1 Å². The van der Waals surface area contributed by atoms with Crippen molar-refractivity contribution in [2.24, 2.45) is 0 Å². The smallest absolute Gasteiger partial charge is 0.202 e. The first-order valence-electron chi connectivity index (χ1n) is 4.54. The highest BCUT2D eigenvalue weighted by Gasteiger charge is 2.14. The van der Waals surface area contributed by atoms with Crippen LogP contribution in [0.5, 0.6) is 0 Å². The van der Waals surface area contributed by atoms with Crippen molar-refractivity contribution in [3.8, 4) is 11.8 Å². The summed E-state index contributed by atoms with van der Waals surface area (Å²) in [4.78, 5) is 12.8. The van der Waals surface area contributed by atoms with Gasteiger partial charge in [0.2, 0.25) is 5.78 Å². The number of morpholine rings is 1. The fraction of sp³-hybridized carbons (Fsp3) is 0.700. The molecule has 72 valence electrons. The van der Waals surface area contributed by atoms with E-state index in [2.05, 4.69) is 16.7 Å². The minimum absolute atomic E-state index is 0.0693. The standard InChI is InChI=1S/C10H15NO2/c1-9(3-4-10(2)12)11-5-7-13-8-6-11/h9H,5-8H2,1-2H3. The zero-order valence-electron chi connectivity index (χ0n) is 8.17. The molecule has 1 saturated heterocycles. The van der Waals surface area contributed by atoms with E-state index in [1.165, 1.54) is 6.92 Å². The van der Waals surface area contributed by atoms with E-state index in [-0.39, 0.29) is 11.8 Å². The first kappa shape index (κ1) is 10.2. The molecule has 3 heteroatoms. The molecule has 0 bridgehead atoms. The monoisotopic (exact) mass is 181 g/mol. The summed E-state index contributed by atoms with van der Waals surface area (Å²) >= 11 is 0. The maximum absolute atomic E-state index is 10.6. The molecule has 0 radical (unpaired) electrons. The van der Waals surface area contributed by atoms with Crippen molar-refractivity contribution in [2.75, 3.05) is 26.3 Å². The van der Waals surface area contributed by atoms with Crippen LogP contribution in [0.2, 0.25) is 0 Å². The average Bonchev–Trinajstić information content (AvgIpc) is 2.15. The second-order valence-electron chi connectivity index (χ2n) is 3.15. The van der Waals surface area contributed by atoms with E-state index in [0.717, 1.165) is 26.3 Å². The van der Waals surface area contributed by atoms with Gasteiger partial charge in [0.1, 0.15) is 0 Å². The molecule has 0 aliphatic carbocycles. The Morgan fingerprint density at radius 3 is 2.62 bits per heavy atom. The molecule has 0 N–H and O–H groups in total. The maximum Gasteiger partial charge on any atom is 0.202 e. The Hall–Kier alpha value is -0.850. The molecule has 0 aromatic heterocycles. The van der Waals surface area contributed by atoms with Crippen LogP contribution < -0.4 is 0 Å². The van der Waals surface area contributed by atoms with Crippen molar-refractivity contribution >= 4 is 5.78 Å². The van der Waals surface area contributed by atoms with Crippen LogP contribution in [0.4, 0.5) is 0 Å². The highest BCUT2D eigenvalue weighted by Crippen LogP contribution is 2.01. The lowest BCUT2D eigenvalue weighted by Gasteiger charge is -2.29. The summed E-state index contributed by atoms with van der Waals surface area (Å²) in [5, 5.41) is 0. The number of hydrogen-bond donors (Lipinski definition) is 0. The van der Waals surface area contributed by atoms with Crippen LogP contribution >= 0.6 is 0 Å². The second kappa shape index (κ2) is 5.00. The second-order valence-corrected chi connectivity index (χ2v) is 3.15. The van der Waals surface area contributed by atoms with Gasteiger partial charge in [0, 0.05) is 20.0 Å². The molecule has 1 rings (SSSR count). The van der Waals surface area contributed by atoms with Gasteiger partial charge in [0.15, 0.2) is 0 Å². The van der Waals surface area contributed by atoms with Gasteiger partial charge in [0.05, 0.1) is 19.3 Å². The summed E-state index contributed by atoms with van der Waals surface area (Å²) in [5.74, 6) is 5.42. The van der Waals surface area contributed by atoms with Crippen molar-refractivity contribution in [3.05, 3.63) is 0 Å². The number of hydrogen-bond acceptors (Lipinski definition) is 3. The van der Waals surface area contributed by atoms with Gasteiger partial charge in [-0.25, -0.2) is 0 Å². The Morgan fingerprint density at radius 2 is 2.08 bits per heavy atom. The molecule has 1 atom stereocenters. The molecule has 13 heavy (non-hydrogen) atoms. The number of nitrogens with zero attached hydrogens (tertiary/aromatic N) is 1. The minimum atomic E-state index is -0.0693. The summed E-state index contributed by atoms with van der Waals surface area (Å²) in [6.07, 6.45) is 0. The van der Waals surface area contributed by atoms with Gasteiger partial charge in [-0.3, -0.25) is 9.69 Å². The zero-order valence-corrected chi connectivity index (χ0v) is 8.17. The third kappa shape index (κ3) is 3.58. The lowest BCUT2D eigenvalue weighted by molar-refractivity contribution is -0.111. The van der Waals surface area contributed by atoms with Gasteiger partial charge in [-0.05, 0) is 12.8 Å². The highest BCUT2D eigenvalue weighted by molar-refractivity contribution is 5.93. The molecular weight excluding hydrogens is 166 g/mol. The molecule has 1 aliphatic rings. The Kier molecular flexibility index (Phi) is 3.94. The quantitative estimate of drug-likeness (QED) is 0.430. The normalized spacial score (nSPS) is 20.2. The van der Waals surface area contributed by atoms with E-state index in [9.17, 15) is 4.79 Å². The fourth-order valence-electron chi connectivity index (χ4n) is 1.26. The van der Waals surface area contributed by atoms with Gasteiger partial charge < -0.3 is 4.74 Å². The van der Waals surface area contributed by atoms with Crippen LogP contribution in [0.15, 0.2) is 0 Å². The Bertz CT molecular complexity index is 233. The fourth-order valence-corrected chi connectivity index (χ4v) is 1.26. The van der Waals surface area contributed by atoms with E-state index in [0.29, 0.717) is 0 Å². The van der Waals surface area contributed by atoms with Gasteiger partial charge in [-0.2, -0.15) is 0 Å². The van der Waals surface area contributed by atoms with Gasteiger partial charge >= 0.3 is 0 Å². The molecule has 1 heterocycles. The van der Waals surface area contributed by atoms with Gasteiger partial charge in [0.25, 0.3) is 0 Å². The summed E-state index contributed by atoms with van der Waals surface area (Å²) in [7, 11) is 0. The van der Waals surface area contributed by atoms with Crippen LogP contribution in [0.25, 0.3) is 0 Å². The lowest BCUT2D eigenvalue weighted by atomic mass is 10.2. The highest BCUT2D eigenvalue weighted by atomic mass is 16.5. The van der Waals surface area contributed by atoms with Crippen LogP contribution in [-0.2, 0) is 9.53 Å². The Balaban J connectivity index is 2.42. The van der Waals surface area contributed by atoms with Crippen molar-refractivity contribution in [3.63, 3.8) is 0 Å². The SMILES string of the molecule is CC(=O)C#CC(C)N1CCOCC1. The first-order valence-corrected chi connectivity index (χ1v) is 4.54. The van der Waals surface area contributed by atoms with Gasteiger partial charge in [-0.15, -0.1) is 0 Å². The number of carbonyl (C=O) groups excluding carboxylic acids is 1. The topological polar surface area (TPSA) is 29.5 Å². The molecule has 1 unspecified atom stereocenters. The number of carbonyl (C=O) groups is 1.